The van der Waals surface area contributed by atoms with E-state index in [2.05, 4.69) is 48.3 Å². The first kappa shape index (κ1) is 14.6. The van der Waals surface area contributed by atoms with Gasteiger partial charge >= 0.3 is 0 Å². The standard InChI is InChI=1S/C17H22N2O/c1-19(13-14-7-4-3-5-8-14)17(12-18)15-9-6-10-16(11-15)20-2/h3-11,17H,12-13,18H2,1-2H3. The van der Waals surface area contributed by atoms with Gasteiger partial charge in [-0.2, -0.15) is 0 Å². The van der Waals surface area contributed by atoms with Crippen LogP contribution in [0.15, 0.2) is 54.6 Å². The van der Waals surface area contributed by atoms with E-state index in [1.165, 1.54) is 11.1 Å². The predicted molar refractivity (Wildman–Crippen MR) is 82.7 cm³/mol. The summed E-state index contributed by atoms with van der Waals surface area (Å²) in [6.45, 7) is 1.45. The first-order valence-electron chi connectivity index (χ1n) is 6.82. The molecule has 1 unspecified atom stereocenters. The van der Waals surface area contributed by atoms with Gasteiger partial charge in [-0.3, -0.25) is 4.90 Å². The van der Waals surface area contributed by atoms with Crippen molar-refractivity contribution in [3.8, 4) is 5.75 Å². The van der Waals surface area contributed by atoms with Gasteiger partial charge in [0.05, 0.1) is 7.11 Å². The average Bonchev–Trinajstić information content (AvgIpc) is 2.49. The fourth-order valence-electron chi connectivity index (χ4n) is 2.40. The third-order valence-electron chi connectivity index (χ3n) is 3.51. The molecule has 106 valence electrons. The van der Waals surface area contributed by atoms with Crippen molar-refractivity contribution < 1.29 is 4.74 Å². The molecule has 0 aliphatic heterocycles. The van der Waals surface area contributed by atoms with E-state index in [1.807, 2.05) is 18.2 Å². The molecule has 3 heteroatoms. The summed E-state index contributed by atoms with van der Waals surface area (Å²) in [4.78, 5) is 2.27. The zero-order valence-corrected chi connectivity index (χ0v) is 12.1. The number of nitrogens with zero attached hydrogens (tertiary/aromatic N) is 1. The molecule has 1 atom stereocenters. The van der Waals surface area contributed by atoms with Crippen LogP contribution in [0.25, 0.3) is 0 Å². The van der Waals surface area contributed by atoms with E-state index in [4.69, 9.17) is 10.5 Å². The molecule has 2 N–H and O–H groups in total. The number of ether oxygens (including phenoxy) is 1. The quantitative estimate of drug-likeness (QED) is 0.877. The van der Waals surface area contributed by atoms with Gasteiger partial charge in [0.15, 0.2) is 0 Å². The molecule has 3 nitrogen and oxygen atoms in total. The van der Waals surface area contributed by atoms with E-state index >= 15 is 0 Å². The van der Waals surface area contributed by atoms with Gasteiger partial charge in [-0.15, -0.1) is 0 Å². The molecule has 0 saturated carbocycles. The highest BCUT2D eigenvalue weighted by Gasteiger charge is 2.16. The van der Waals surface area contributed by atoms with Crippen molar-refractivity contribution in [2.45, 2.75) is 12.6 Å². The lowest BCUT2D eigenvalue weighted by atomic mass is 10.0. The molecule has 2 rings (SSSR count). The first-order chi connectivity index (χ1) is 9.74. The zero-order chi connectivity index (χ0) is 14.4. The minimum atomic E-state index is 0.185. The highest BCUT2D eigenvalue weighted by atomic mass is 16.5. The Hall–Kier alpha value is -1.84. The van der Waals surface area contributed by atoms with Crippen molar-refractivity contribution in [1.29, 1.82) is 0 Å². The van der Waals surface area contributed by atoms with E-state index in [0.717, 1.165) is 12.3 Å². The Kier molecular flexibility index (Phi) is 5.16. The minimum Gasteiger partial charge on any atom is -0.497 e. The second-order valence-electron chi connectivity index (χ2n) is 4.93. The molecule has 0 bridgehead atoms. The monoisotopic (exact) mass is 270 g/mol. The second kappa shape index (κ2) is 7.08. The average molecular weight is 270 g/mol. The van der Waals surface area contributed by atoms with E-state index < -0.39 is 0 Å². The zero-order valence-electron chi connectivity index (χ0n) is 12.1. The third kappa shape index (κ3) is 3.59. The Morgan fingerprint density at radius 1 is 1.10 bits per heavy atom. The van der Waals surface area contributed by atoms with Crippen LogP contribution >= 0.6 is 0 Å². The molecule has 0 saturated heterocycles. The maximum atomic E-state index is 5.97. The van der Waals surface area contributed by atoms with Gasteiger partial charge < -0.3 is 10.5 Å². The van der Waals surface area contributed by atoms with Crippen LogP contribution in [0.2, 0.25) is 0 Å². The summed E-state index contributed by atoms with van der Waals surface area (Å²) in [5.74, 6) is 0.870. The normalized spacial score (nSPS) is 12.4. The molecule has 0 radical (unpaired) electrons. The van der Waals surface area contributed by atoms with Crippen molar-refractivity contribution >= 4 is 0 Å². The third-order valence-corrected chi connectivity index (χ3v) is 3.51. The van der Waals surface area contributed by atoms with Crippen LogP contribution in [0.3, 0.4) is 0 Å². The summed E-state index contributed by atoms with van der Waals surface area (Å²) in [7, 11) is 3.79. The van der Waals surface area contributed by atoms with Crippen molar-refractivity contribution in [2.24, 2.45) is 5.73 Å². The van der Waals surface area contributed by atoms with Crippen LogP contribution in [0.5, 0.6) is 5.75 Å². The Bertz CT molecular complexity index is 528. The van der Waals surface area contributed by atoms with Crippen LogP contribution in [0.1, 0.15) is 17.2 Å². The fourth-order valence-corrected chi connectivity index (χ4v) is 2.40. The lowest BCUT2D eigenvalue weighted by Gasteiger charge is -2.27. The number of benzene rings is 2. The largest absolute Gasteiger partial charge is 0.497 e. The molecule has 2 aromatic rings. The van der Waals surface area contributed by atoms with Crippen molar-refractivity contribution in [3.05, 3.63) is 65.7 Å². The van der Waals surface area contributed by atoms with Crippen molar-refractivity contribution in [2.75, 3.05) is 20.7 Å². The van der Waals surface area contributed by atoms with Gasteiger partial charge in [-0.25, -0.2) is 0 Å². The molecular weight excluding hydrogens is 248 g/mol. The highest BCUT2D eigenvalue weighted by Crippen LogP contribution is 2.23. The van der Waals surface area contributed by atoms with Gasteiger partial charge in [0.25, 0.3) is 0 Å². The van der Waals surface area contributed by atoms with E-state index in [-0.39, 0.29) is 6.04 Å². The van der Waals surface area contributed by atoms with E-state index in [9.17, 15) is 0 Å². The first-order valence-corrected chi connectivity index (χ1v) is 6.82. The number of methoxy groups -OCH3 is 1. The lowest BCUT2D eigenvalue weighted by molar-refractivity contribution is 0.241. The van der Waals surface area contributed by atoms with Crippen LogP contribution in [0, 0.1) is 0 Å². The Morgan fingerprint density at radius 2 is 1.85 bits per heavy atom. The molecule has 0 fully saturated rings. The predicted octanol–water partition coefficient (Wildman–Crippen LogP) is 2.83. The van der Waals surface area contributed by atoms with Gasteiger partial charge in [0.2, 0.25) is 0 Å². The van der Waals surface area contributed by atoms with E-state index in [1.54, 1.807) is 7.11 Å². The van der Waals surface area contributed by atoms with Crippen LogP contribution in [-0.4, -0.2) is 25.6 Å². The summed E-state index contributed by atoms with van der Waals surface area (Å²) in [5.41, 5.74) is 8.44. The van der Waals surface area contributed by atoms with Crippen LogP contribution in [0.4, 0.5) is 0 Å². The van der Waals surface area contributed by atoms with Crippen molar-refractivity contribution in [1.82, 2.24) is 4.90 Å². The Balaban J connectivity index is 2.14. The smallest absolute Gasteiger partial charge is 0.119 e. The molecule has 0 spiro atoms. The topological polar surface area (TPSA) is 38.5 Å². The maximum absolute atomic E-state index is 5.97. The molecule has 0 aromatic heterocycles. The number of likely N-dealkylation sites (N-methyl/N-ethyl adjacent to an activating group) is 1. The number of nitrogens with two attached hydrogens (primary N) is 1. The van der Waals surface area contributed by atoms with Crippen LogP contribution < -0.4 is 10.5 Å². The minimum absolute atomic E-state index is 0.185. The lowest BCUT2D eigenvalue weighted by Crippen LogP contribution is -2.30. The SMILES string of the molecule is COc1cccc(C(CN)N(C)Cc2ccccc2)c1. The summed E-state index contributed by atoms with van der Waals surface area (Å²) < 4.78 is 5.29. The van der Waals surface area contributed by atoms with Gasteiger partial charge in [0, 0.05) is 19.1 Å². The van der Waals surface area contributed by atoms with Crippen molar-refractivity contribution in [3.63, 3.8) is 0 Å². The van der Waals surface area contributed by atoms with E-state index in [0.29, 0.717) is 6.54 Å². The summed E-state index contributed by atoms with van der Waals surface area (Å²) >= 11 is 0. The highest BCUT2D eigenvalue weighted by molar-refractivity contribution is 5.31. The summed E-state index contributed by atoms with van der Waals surface area (Å²) in [6.07, 6.45) is 0. The number of hydrogen-bond acceptors (Lipinski definition) is 3. The molecule has 0 amide bonds. The molecule has 20 heavy (non-hydrogen) atoms. The molecule has 2 aromatic carbocycles. The summed E-state index contributed by atoms with van der Waals surface area (Å²) in [6, 6.07) is 18.7. The fraction of sp³-hybridized carbons (Fsp3) is 0.294. The molecule has 0 aliphatic carbocycles. The molecule has 0 aliphatic rings. The molecular formula is C17H22N2O. The maximum Gasteiger partial charge on any atom is 0.119 e. The number of hydrogen-bond donors (Lipinski definition) is 1. The van der Waals surface area contributed by atoms with Gasteiger partial charge in [0.1, 0.15) is 5.75 Å². The molecule has 0 heterocycles. The second-order valence-corrected chi connectivity index (χ2v) is 4.93. The Labute approximate surface area is 121 Å². The summed E-state index contributed by atoms with van der Waals surface area (Å²) in [5, 5.41) is 0. The number of rotatable bonds is 6. The van der Waals surface area contributed by atoms with Crippen LogP contribution in [-0.2, 0) is 6.54 Å². The van der Waals surface area contributed by atoms with Gasteiger partial charge in [-0.05, 0) is 30.3 Å². The van der Waals surface area contributed by atoms with Gasteiger partial charge in [-0.1, -0.05) is 42.5 Å². The Morgan fingerprint density at radius 3 is 2.50 bits per heavy atom.